The number of hydrogen-bond donors (Lipinski definition) is 1. The molecule has 0 spiro atoms. The molecule has 0 saturated carbocycles. The van der Waals surface area contributed by atoms with E-state index < -0.39 is 4.92 Å². The third kappa shape index (κ3) is 2.29. The van der Waals surface area contributed by atoms with Crippen LogP contribution in [0.2, 0.25) is 5.02 Å². The van der Waals surface area contributed by atoms with Crippen LogP contribution in [0, 0.1) is 13.7 Å². The van der Waals surface area contributed by atoms with Crippen LogP contribution in [0.4, 0.5) is 5.69 Å². The van der Waals surface area contributed by atoms with Gasteiger partial charge in [0.1, 0.15) is 0 Å². The van der Waals surface area contributed by atoms with E-state index in [0.29, 0.717) is 8.59 Å². The summed E-state index contributed by atoms with van der Waals surface area (Å²) in [5.74, 6) is 0. The van der Waals surface area contributed by atoms with Crippen molar-refractivity contribution in [1.82, 2.24) is 0 Å². The molecule has 1 rings (SSSR count). The van der Waals surface area contributed by atoms with Crippen molar-refractivity contribution in [2.24, 2.45) is 5.73 Å². The fraction of sp³-hybridized carbons (Fsp3) is 0.143. The van der Waals surface area contributed by atoms with Gasteiger partial charge < -0.3 is 5.73 Å². The Morgan fingerprint density at radius 1 is 1.62 bits per heavy atom. The Hall–Kier alpha value is -0.400. The van der Waals surface area contributed by atoms with Crippen molar-refractivity contribution in [1.29, 1.82) is 0 Å². The summed E-state index contributed by atoms with van der Waals surface area (Å²) in [5.41, 5.74) is 6.12. The summed E-state index contributed by atoms with van der Waals surface area (Å²) in [6, 6.07) is 2.95. The van der Waals surface area contributed by atoms with Gasteiger partial charge >= 0.3 is 0 Å². The van der Waals surface area contributed by atoms with Gasteiger partial charge in [-0.3, -0.25) is 10.1 Å². The van der Waals surface area contributed by atoms with E-state index in [1.165, 1.54) is 6.07 Å². The molecule has 0 aromatic heterocycles. The lowest BCUT2D eigenvalue weighted by Crippen LogP contribution is -2.00. The Morgan fingerprint density at radius 2 is 2.23 bits per heavy atom. The molecule has 6 heteroatoms. The van der Waals surface area contributed by atoms with Gasteiger partial charge in [0, 0.05) is 12.6 Å². The Morgan fingerprint density at radius 3 is 2.69 bits per heavy atom. The van der Waals surface area contributed by atoms with E-state index in [1.54, 1.807) is 6.07 Å². The van der Waals surface area contributed by atoms with Crippen molar-refractivity contribution in [3.05, 3.63) is 36.4 Å². The highest BCUT2D eigenvalue weighted by atomic mass is 127. The molecule has 0 amide bonds. The molecule has 70 valence electrons. The second-order valence-electron chi connectivity index (χ2n) is 2.36. The number of halogens is 2. The van der Waals surface area contributed by atoms with E-state index >= 15 is 0 Å². The largest absolute Gasteiger partial charge is 0.326 e. The summed E-state index contributed by atoms with van der Waals surface area (Å²) in [5, 5.41) is 10.8. The average Bonchev–Trinajstić information content (AvgIpc) is 2.07. The van der Waals surface area contributed by atoms with E-state index in [1.807, 2.05) is 22.6 Å². The number of nitro benzene ring substituents is 1. The van der Waals surface area contributed by atoms with Gasteiger partial charge in [-0.05, 0) is 34.2 Å². The van der Waals surface area contributed by atoms with Crippen LogP contribution in [-0.2, 0) is 6.54 Å². The van der Waals surface area contributed by atoms with E-state index in [9.17, 15) is 10.1 Å². The molecule has 0 heterocycles. The van der Waals surface area contributed by atoms with Crippen molar-refractivity contribution in [3.63, 3.8) is 0 Å². The molecule has 1 aromatic carbocycles. The van der Waals surface area contributed by atoms with Crippen LogP contribution in [0.5, 0.6) is 0 Å². The minimum Gasteiger partial charge on any atom is -0.326 e. The molecule has 1 aromatic rings. The van der Waals surface area contributed by atoms with Crippen LogP contribution in [0.15, 0.2) is 12.1 Å². The third-order valence-electron chi connectivity index (χ3n) is 1.53. The molecule has 4 nitrogen and oxygen atoms in total. The molecule has 13 heavy (non-hydrogen) atoms. The van der Waals surface area contributed by atoms with Crippen LogP contribution < -0.4 is 5.73 Å². The highest BCUT2D eigenvalue weighted by molar-refractivity contribution is 14.1. The van der Waals surface area contributed by atoms with Gasteiger partial charge in [-0.25, -0.2) is 0 Å². The normalized spacial score (nSPS) is 10.1. The van der Waals surface area contributed by atoms with Crippen LogP contribution in [0.3, 0.4) is 0 Å². The molecule has 2 N–H and O–H groups in total. The molecule has 0 fully saturated rings. The van der Waals surface area contributed by atoms with E-state index in [0.717, 1.165) is 5.56 Å². The van der Waals surface area contributed by atoms with Crippen molar-refractivity contribution >= 4 is 39.9 Å². The summed E-state index contributed by atoms with van der Waals surface area (Å²) in [6.07, 6.45) is 0. The lowest BCUT2D eigenvalue weighted by Gasteiger charge is -2.02. The quantitative estimate of drug-likeness (QED) is 0.517. The molecule has 0 aliphatic heterocycles. The second kappa shape index (κ2) is 4.21. The first-order valence-electron chi connectivity index (χ1n) is 3.38. The number of hydrogen-bond acceptors (Lipinski definition) is 3. The minimum absolute atomic E-state index is 0.0165. The number of nitro groups is 1. The topological polar surface area (TPSA) is 69.2 Å². The first kappa shape index (κ1) is 10.7. The molecule has 0 aliphatic carbocycles. The number of benzene rings is 1. The Balaban J connectivity index is 3.28. The van der Waals surface area contributed by atoms with Gasteiger partial charge in [-0.15, -0.1) is 0 Å². The minimum atomic E-state index is -0.464. The van der Waals surface area contributed by atoms with E-state index in [-0.39, 0.29) is 12.2 Å². The molecule has 0 aliphatic rings. The summed E-state index contributed by atoms with van der Waals surface area (Å²) in [7, 11) is 0. The second-order valence-corrected chi connectivity index (χ2v) is 3.93. The monoisotopic (exact) mass is 312 g/mol. The lowest BCUT2D eigenvalue weighted by atomic mass is 10.2. The zero-order valence-corrected chi connectivity index (χ0v) is 9.37. The predicted molar refractivity (Wildman–Crippen MR) is 58.7 cm³/mol. The first-order chi connectivity index (χ1) is 6.06. The van der Waals surface area contributed by atoms with Gasteiger partial charge in [-0.2, -0.15) is 0 Å². The molecule has 0 unspecified atom stereocenters. The number of rotatable bonds is 2. The van der Waals surface area contributed by atoms with Crippen LogP contribution >= 0.6 is 34.2 Å². The molecular weight excluding hydrogens is 306 g/mol. The average molecular weight is 312 g/mol. The summed E-state index contributed by atoms with van der Waals surface area (Å²) in [6.45, 7) is 0.285. The zero-order valence-electron chi connectivity index (χ0n) is 6.46. The Bertz CT molecular complexity index is 357. The maximum absolute atomic E-state index is 10.5. The van der Waals surface area contributed by atoms with Crippen molar-refractivity contribution < 1.29 is 4.92 Å². The van der Waals surface area contributed by atoms with Crippen molar-refractivity contribution in [2.45, 2.75) is 6.54 Å². The maximum Gasteiger partial charge on any atom is 0.284 e. The summed E-state index contributed by atoms with van der Waals surface area (Å²) >= 11 is 7.64. The summed E-state index contributed by atoms with van der Waals surface area (Å²) in [4.78, 5) is 10.0. The SMILES string of the molecule is NCc1cc(I)c([N+](=O)[O-])cc1Cl. The molecule has 0 saturated heterocycles. The maximum atomic E-state index is 10.5. The third-order valence-corrected chi connectivity index (χ3v) is 2.75. The van der Waals surface area contributed by atoms with Crippen LogP contribution in [-0.4, -0.2) is 4.92 Å². The molecule has 0 bridgehead atoms. The van der Waals surface area contributed by atoms with Gasteiger partial charge in [0.15, 0.2) is 0 Å². The Kier molecular flexibility index (Phi) is 3.46. The first-order valence-corrected chi connectivity index (χ1v) is 4.84. The van der Waals surface area contributed by atoms with Crippen LogP contribution in [0.1, 0.15) is 5.56 Å². The van der Waals surface area contributed by atoms with Gasteiger partial charge in [0.2, 0.25) is 0 Å². The highest BCUT2D eigenvalue weighted by Crippen LogP contribution is 2.27. The fourth-order valence-electron chi connectivity index (χ4n) is 0.874. The van der Waals surface area contributed by atoms with Gasteiger partial charge in [0.05, 0.1) is 13.5 Å². The van der Waals surface area contributed by atoms with Gasteiger partial charge in [0.25, 0.3) is 5.69 Å². The number of nitrogens with zero attached hydrogens (tertiary/aromatic N) is 1. The summed E-state index contributed by atoms with van der Waals surface area (Å²) < 4.78 is 0.549. The molecule has 0 radical (unpaired) electrons. The smallest absolute Gasteiger partial charge is 0.284 e. The zero-order chi connectivity index (χ0) is 10.0. The lowest BCUT2D eigenvalue weighted by molar-refractivity contribution is -0.385. The number of nitrogens with two attached hydrogens (primary N) is 1. The predicted octanol–water partition coefficient (Wildman–Crippen LogP) is 2.31. The molecule has 0 atom stereocenters. The highest BCUT2D eigenvalue weighted by Gasteiger charge is 2.14. The van der Waals surface area contributed by atoms with Crippen molar-refractivity contribution in [3.8, 4) is 0 Å². The standard InChI is InChI=1S/C7H6ClIN2O2/c8-5-2-7(11(12)13)6(9)1-4(5)3-10/h1-2H,3,10H2. The van der Waals surface area contributed by atoms with E-state index in [4.69, 9.17) is 17.3 Å². The fourth-order valence-corrected chi connectivity index (χ4v) is 1.84. The van der Waals surface area contributed by atoms with Crippen molar-refractivity contribution in [2.75, 3.05) is 0 Å². The van der Waals surface area contributed by atoms with E-state index in [2.05, 4.69) is 0 Å². The van der Waals surface area contributed by atoms with Crippen LogP contribution in [0.25, 0.3) is 0 Å². The molecular formula is C7H6ClIN2O2. The van der Waals surface area contributed by atoms with Gasteiger partial charge in [-0.1, -0.05) is 11.6 Å². The Labute approximate surface area is 93.4 Å².